The van der Waals surface area contributed by atoms with Crippen molar-refractivity contribution in [2.45, 2.75) is 32.7 Å². The molecule has 7 nitrogen and oxygen atoms in total. The lowest BCUT2D eigenvalue weighted by Gasteiger charge is -2.24. The zero-order chi connectivity index (χ0) is 18.5. The van der Waals surface area contributed by atoms with Crippen LogP contribution in [0.25, 0.3) is 22.5 Å². The molecule has 0 unspecified atom stereocenters. The number of hydrogen-bond donors (Lipinski definition) is 4. The normalized spacial score (nSPS) is 12.7. The van der Waals surface area contributed by atoms with Crippen molar-refractivity contribution in [3.05, 3.63) is 54.1 Å². The molecule has 1 aromatic heterocycles. The Morgan fingerprint density at radius 3 is 2.27 bits per heavy atom. The fourth-order valence-electron chi connectivity index (χ4n) is 2.93. The molecule has 1 atom stereocenters. The van der Waals surface area contributed by atoms with E-state index in [4.69, 9.17) is 0 Å². The summed E-state index contributed by atoms with van der Waals surface area (Å²) in [6.45, 7) is 4.47. The van der Waals surface area contributed by atoms with Crippen molar-refractivity contribution in [3.8, 4) is 22.5 Å². The van der Waals surface area contributed by atoms with E-state index >= 15 is 0 Å². The van der Waals surface area contributed by atoms with Crippen LogP contribution < -0.4 is 5.32 Å². The highest BCUT2D eigenvalue weighted by molar-refractivity contribution is 5.80. The molecule has 0 fully saturated rings. The van der Waals surface area contributed by atoms with E-state index in [9.17, 15) is 10.2 Å². The lowest BCUT2D eigenvalue weighted by Crippen LogP contribution is -2.43. The van der Waals surface area contributed by atoms with Gasteiger partial charge in [0, 0.05) is 12.1 Å². The van der Waals surface area contributed by atoms with Gasteiger partial charge in [-0.05, 0) is 27.8 Å². The molecule has 7 heteroatoms. The maximum atomic E-state index is 9.45. The third kappa shape index (κ3) is 4.13. The van der Waals surface area contributed by atoms with E-state index in [0.717, 1.165) is 22.3 Å². The van der Waals surface area contributed by atoms with Crippen LogP contribution in [0.5, 0.6) is 0 Å². The number of aliphatic hydroxyl groups is 2. The summed E-state index contributed by atoms with van der Waals surface area (Å²) in [5.74, 6) is 0.680. The number of nitrogens with one attached hydrogen (secondary N) is 2. The van der Waals surface area contributed by atoms with Gasteiger partial charge in [-0.15, -0.1) is 10.2 Å². The second-order valence-electron chi connectivity index (χ2n) is 6.54. The third-order valence-electron chi connectivity index (χ3n) is 4.36. The maximum absolute atomic E-state index is 9.45. The molecular weight excluding hydrogens is 330 g/mol. The summed E-state index contributed by atoms with van der Waals surface area (Å²) in [5, 5.41) is 36.3. The van der Waals surface area contributed by atoms with E-state index in [0.29, 0.717) is 12.4 Å². The number of aliphatic hydroxyl groups excluding tert-OH is 1. The Balaban J connectivity index is 1.77. The molecule has 0 bridgehead atoms. The molecular formula is C19H23N5O2. The van der Waals surface area contributed by atoms with Gasteiger partial charge in [0.2, 0.25) is 5.82 Å². The zero-order valence-electron chi connectivity index (χ0n) is 14.8. The lowest BCUT2D eigenvalue weighted by atomic mass is 9.98. The smallest absolute Gasteiger partial charge is 0.205 e. The molecule has 0 spiro atoms. The molecule has 0 aliphatic carbocycles. The average molecular weight is 353 g/mol. The Labute approximate surface area is 152 Å². The molecule has 0 aliphatic rings. The summed E-state index contributed by atoms with van der Waals surface area (Å²) in [5.41, 5.74) is 4.06. The number of aromatic nitrogens is 4. The first kappa shape index (κ1) is 18.2. The number of nitrogens with zero attached hydrogens (tertiary/aromatic N) is 3. The summed E-state index contributed by atoms with van der Waals surface area (Å²) in [7, 11) is 0. The van der Waals surface area contributed by atoms with E-state index in [1.807, 2.05) is 62.4 Å². The van der Waals surface area contributed by atoms with Crippen molar-refractivity contribution in [2.24, 2.45) is 5.92 Å². The first-order valence-electron chi connectivity index (χ1n) is 8.58. The van der Waals surface area contributed by atoms with Gasteiger partial charge >= 0.3 is 0 Å². The van der Waals surface area contributed by atoms with Crippen LogP contribution in [-0.4, -0.2) is 43.2 Å². The van der Waals surface area contributed by atoms with Gasteiger partial charge in [0.1, 0.15) is 0 Å². The van der Waals surface area contributed by atoms with Gasteiger partial charge in [-0.2, -0.15) is 5.21 Å². The first-order valence-corrected chi connectivity index (χ1v) is 8.58. The van der Waals surface area contributed by atoms with Gasteiger partial charge in [0.25, 0.3) is 0 Å². The molecule has 0 amide bonds. The zero-order valence-corrected chi connectivity index (χ0v) is 14.8. The van der Waals surface area contributed by atoms with Crippen molar-refractivity contribution in [3.63, 3.8) is 0 Å². The third-order valence-corrected chi connectivity index (χ3v) is 4.36. The SMILES string of the molecule is CC(C)[C@H](NCc1ccc(-c2ccccc2-c2nn[nH]n2)cc1)C(O)O. The largest absolute Gasteiger partial charge is 0.367 e. The summed E-state index contributed by atoms with van der Waals surface area (Å²) in [6, 6.07) is 15.7. The van der Waals surface area contributed by atoms with E-state index in [1.165, 1.54) is 0 Å². The number of aromatic amines is 1. The minimum atomic E-state index is -1.38. The summed E-state index contributed by atoms with van der Waals surface area (Å²) in [6.07, 6.45) is -1.38. The van der Waals surface area contributed by atoms with E-state index in [2.05, 4.69) is 25.9 Å². The number of hydrogen-bond acceptors (Lipinski definition) is 6. The predicted octanol–water partition coefficient (Wildman–Crippen LogP) is 1.96. The molecule has 0 saturated carbocycles. The van der Waals surface area contributed by atoms with Crippen LogP contribution >= 0.6 is 0 Å². The van der Waals surface area contributed by atoms with Gasteiger partial charge in [0.05, 0.1) is 6.04 Å². The topological polar surface area (TPSA) is 107 Å². The Hall–Kier alpha value is -2.61. The van der Waals surface area contributed by atoms with Crippen LogP contribution in [0.15, 0.2) is 48.5 Å². The molecule has 0 saturated heterocycles. The fraction of sp³-hybridized carbons (Fsp3) is 0.316. The number of rotatable bonds is 7. The Morgan fingerprint density at radius 2 is 1.69 bits per heavy atom. The molecule has 1 heterocycles. The minimum Gasteiger partial charge on any atom is -0.367 e. The molecule has 4 N–H and O–H groups in total. The van der Waals surface area contributed by atoms with Crippen molar-refractivity contribution in [1.82, 2.24) is 25.9 Å². The lowest BCUT2D eigenvalue weighted by molar-refractivity contribution is -0.0778. The Bertz CT molecular complexity index is 808. The van der Waals surface area contributed by atoms with Crippen LogP contribution in [0.4, 0.5) is 0 Å². The fourth-order valence-corrected chi connectivity index (χ4v) is 2.93. The quantitative estimate of drug-likeness (QED) is 0.484. The second-order valence-corrected chi connectivity index (χ2v) is 6.54. The van der Waals surface area contributed by atoms with Crippen LogP contribution in [0.3, 0.4) is 0 Å². The summed E-state index contributed by atoms with van der Waals surface area (Å²) < 4.78 is 0. The van der Waals surface area contributed by atoms with Crippen molar-refractivity contribution in [1.29, 1.82) is 0 Å². The van der Waals surface area contributed by atoms with Gasteiger partial charge < -0.3 is 15.5 Å². The Kier molecular flexibility index (Phi) is 5.72. The van der Waals surface area contributed by atoms with Gasteiger partial charge in [-0.25, -0.2) is 0 Å². The van der Waals surface area contributed by atoms with Crippen LogP contribution in [-0.2, 0) is 6.54 Å². The van der Waals surface area contributed by atoms with E-state index in [-0.39, 0.29) is 12.0 Å². The van der Waals surface area contributed by atoms with Gasteiger partial charge in [-0.3, -0.25) is 0 Å². The molecule has 2 aromatic carbocycles. The Morgan fingerprint density at radius 1 is 1.00 bits per heavy atom. The van der Waals surface area contributed by atoms with Crippen LogP contribution in [0, 0.1) is 5.92 Å². The minimum absolute atomic E-state index is 0.121. The molecule has 0 aliphatic heterocycles. The second kappa shape index (κ2) is 8.18. The van der Waals surface area contributed by atoms with Crippen molar-refractivity contribution >= 4 is 0 Å². The highest BCUT2D eigenvalue weighted by atomic mass is 16.5. The molecule has 136 valence electrons. The summed E-state index contributed by atoms with van der Waals surface area (Å²) >= 11 is 0. The molecule has 0 radical (unpaired) electrons. The summed E-state index contributed by atoms with van der Waals surface area (Å²) in [4.78, 5) is 0. The van der Waals surface area contributed by atoms with E-state index in [1.54, 1.807) is 0 Å². The van der Waals surface area contributed by atoms with Crippen molar-refractivity contribution in [2.75, 3.05) is 0 Å². The van der Waals surface area contributed by atoms with Gasteiger partial charge in [-0.1, -0.05) is 62.4 Å². The number of benzene rings is 2. The standard InChI is InChI=1S/C19H23N5O2/c1-12(2)17(19(25)26)20-11-13-7-9-14(10-8-13)15-5-3-4-6-16(15)18-21-23-24-22-18/h3-10,12,17,19-20,25-26H,11H2,1-2H3,(H,21,22,23,24)/t17-/m0/s1. The molecule has 26 heavy (non-hydrogen) atoms. The maximum Gasteiger partial charge on any atom is 0.205 e. The van der Waals surface area contributed by atoms with Crippen LogP contribution in [0.2, 0.25) is 0 Å². The molecule has 3 rings (SSSR count). The average Bonchev–Trinajstić information content (AvgIpc) is 3.16. The number of H-pyrrole nitrogens is 1. The van der Waals surface area contributed by atoms with Crippen LogP contribution in [0.1, 0.15) is 19.4 Å². The van der Waals surface area contributed by atoms with Gasteiger partial charge in [0.15, 0.2) is 6.29 Å². The highest BCUT2D eigenvalue weighted by Gasteiger charge is 2.19. The monoisotopic (exact) mass is 353 g/mol. The highest BCUT2D eigenvalue weighted by Crippen LogP contribution is 2.29. The van der Waals surface area contributed by atoms with E-state index < -0.39 is 6.29 Å². The van der Waals surface area contributed by atoms with Crippen molar-refractivity contribution < 1.29 is 10.2 Å². The molecule has 3 aromatic rings. The predicted molar refractivity (Wildman–Crippen MR) is 98.7 cm³/mol. The number of tetrazole rings is 1. The first-order chi connectivity index (χ1) is 12.6.